The van der Waals surface area contributed by atoms with E-state index < -0.39 is 0 Å². The summed E-state index contributed by atoms with van der Waals surface area (Å²) in [5.74, 6) is 1.89. The van der Waals surface area contributed by atoms with Crippen LogP contribution in [0.5, 0.6) is 11.5 Å². The molecule has 0 N–H and O–H groups in total. The second-order valence-corrected chi connectivity index (χ2v) is 8.06. The number of fused-ring (bicyclic) bond motifs is 1. The minimum absolute atomic E-state index is 0.0538. The number of ether oxygens (including phenoxy) is 2. The molecule has 0 atom stereocenters. The summed E-state index contributed by atoms with van der Waals surface area (Å²) in [6, 6.07) is 21.3. The zero-order valence-electron chi connectivity index (χ0n) is 13.5. The SMILES string of the molecule is c1ccc(CC2(Cc3ccccc3)COc3c[se]cc3OC2)cc1. The van der Waals surface area contributed by atoms with Gasteiger partial charge in [0, 0.05) is 0 Å². The molecule has 1 aliphatic heterocycles. The van der Waals surface area contributed by atoms with Gasteiger partial charge >= 0.3 is 149 Å². The number of benzene rings is 2. The van der Waals surface area contributed by atoms with E-state index >= 15 is 0 Å². The van der Waals surface area contributed by atoms with Gasteiger partial charge in [0.25, 0.3) is 0 Å². The van der Waals surface area contributed by atoms with Crippen molar-refractivity contribution in [1.29, 1.82) is 0 Å². The molecule has 3 aromatic rings. The first-order valence-electron chi connectivity index (χ1n) is 8.23. The summed E-state index contributed by atoms with van der Waals surface area (Å²) in [7, 11) is 0. The Labute approximate surface area is 148 Å². The molecule has 122 valence electrons. The van der Waals surface area contributed by atoms with E-state index in [9.17, 15) is 0 Å². The molecule has 2 aromatic carbocycles. The molecule has 0 fully saturated rings. The Morgan fingerprint density at radius 3 is 1.62 bits per heavy atom. The van der Waals surface area contributed by atoms with Gasteiger partial charge in [-0.3, -0.25) is 0 Å². The van der Waals surface area contributed by atoms with E-state index in [0.29, 0.717) is 27.7 Å². The molecule has 2 heterocycles. The Kier molecular flexibility index (Phi) is 4.46. The van der Waals surface area contributed by atoms with Gasteiger partial charge in [-0.2, -0.15) is 0 Å². The summed E-state index contributed by atoms with van der Waals surface area (Å²) in [6.07, 6.45) is 1.91. The van der Waals surface area contributed by atoms with E-state index in [0.717, 1.165) is 24.3 Å². The zero-order chi connectivity index (χ0) is 16.2. The standard InChI is InChI=1S/C21H20O2Se/c1-3-7-17(8-4-1)11-21(12-18-9-5-2-6-10-18)15-22-19-13-24-14-20(19)23-16-21/h1-10,13-14H,11-12,15-16H2. The molecule has 0 aliphatic carbocycles. The summed E-state index contributed by atoms with van der Waals surface area (Å²) in [5, 5.41) is 0. The van der Waals surface area contributed by atoms with Crippen LogP contribution in [0.4, 0.5) is 0 Å². The fourth-order valence-electron chi connectivity index (χ4n) is 3.31. The van der Waals surface area contributed by atoms with Gasteiger partial charge in [-0.25, -0.2) is 0 Å². The molecular weight excluding hydrogens is 363 g/mol. The molecule has 0 bridgehead atoms. The summed E-state index contributed by atoms with van der Waals surface area (Å²) in [6.45, 7) is 1.38. The van der Waals surface area contributed by atoms with Gasteiger partial charge in [0.1, 0.15) is 0 Å². The fourth-order valence-corrected chi connectivity index (χ4v) is 4.75. The van der Waals surface area contributed by atoms with Crippen LogP contribution in [0.15, 0.2) is 70.5 Å². The second kappa shape index (κ2) is 6.88. The molecule has 0 saturated carbocycles. The van der Waals surface area contributed by atoms with Crippen molar-refractivity contribution in [1.82, 2.24) is 0 Å². The van der Waals surface area contributed by atoms with Crippen LogP contribution >= 0.6 is 0 Å². The zero-order valence-corrected chi connectivity index (χ0v) is 15.2. The summed E-state index contributed by atoms with van der Waals surface area (Å²) in [4.78, 5) is 4.34. The molecule has 0 unspecified atom stereocenters. The maximum absolute atomic E-state index is 6.17. The van der Waals surface area contributed by atoms with Gasteiger partial charge in [-0.15, -0.1) is 0 Å². The minimum atomic E-state index is -0.0538. The summed E-state index contributed by atoms with van der Waals surface area (Å²) in [5.41, 5.74) is 2.61. The van der Waals surface area contributed by atoms with Gasteiger partial charge in [-0.05, 0) is 0 Å². The number of rotatable bonds is 4. The van der Waals surface area contributed by atoms with Crippen LogP contribution in [0, 0.1) is 5.41 Å². The average Bonchev–Trinajstić information content (AvgIpc) is 3.01. The Morgan fingerprint density at radius 1 is 0.708 bits per heavy atom. The van der Waals surface area contributed by atoms with Crippen LogP contribution in [0.25, 0.3) is 0 Å². The fraction of sp³-hybridized carbons (Fsp3) is 0.238. The van der Waals surface area contributed by atoms with Crippen LogP contribution < -0.4 is 9.47 Å². The Hall–Kier alpha value is -1.96. The van der Waals surface area contributed by atoms with Gasteiger partial charge in [-0.1, -0.05) is 0 Å². The quantitative estimate of drug-likeness (QED) is 0.635. The first-order valence-corrected chi connectivity index (χ1v) is 10.2. The molecule has 2 nitrogen and oxygen atoms in total. The van der Waals surface area contributed by atoms with Crippen molar-refractivity contribution in [2.24, 2.45) is 5.41 Å². The molecule has 0 saturated heterocycles. The van der Waals surface area contributed by atoms with Crippen molar-refractivity contribution in [2.75, 3.05) is 13.2 Å². The molecule has 0 spiro atoms. The molecule has 4 rings (SSSR count). The van der Waals surface area contributed by atoms with E-state index in [1.54, 1.807) is 0 Å². The van der Waals surface area contributed by atoms with Crippen LogP contribution in [0.3, 0.4) is 0 Å². The summed E-state index contributed by atoms with van der Waals surface area (Å²) >= 11 is 0.378. The van der Waals surface area contributed by atoms with Crippen molar-refractivity contribution < 1.29 is 9.47 Å². The molecule has 0 amide bonds. The monoisotopic (exact) mass is 384 g/mol. The van der Waals surface area contributed by atoms with E-state index in [2.05, 4.69) is 70.5 Å². The van der Waals surface area contributed by atoms with Crippen LogP contribution in [-0.2, 0) is 12.8 Å². The molecule has 1 aromatic heterocycles. The Balaban J connectivity index is 1.63. The van der Waals surface area contributed by atoms with E-state index in [1.165, 1.54) is 11.1 Å². The first kappa shape index (κ1) is 15.6. The Morgan fingerprint density at radius 2 is 1.17 bits per heavy atom. The Bertz CT molecular complexity index is 714. The van der Waals surface area contributed by atoms with Crippen molar-refractivity contribution in [3.05, 3.63) is 81.7 Å². The third-order valence-corrected chi connectivity index (χ3v) is 5.97. The van der Waals surface area contributed by atoms with Crippen molar-refractivity contribution in [2.45, 2.75) is 12.8 Å². The van der Waals surface area contributed by atoms with E-state index in [1.807, 2.05) is 0 Å². The molecule has 24 heavy (non-hydrogen) atoms. The first-order chi connectivity index (χ1) is 11.8. The van der Waals surface area contributed by atoms with Crippen LogP contribution in [-0.4, -0.2) is 27.7 Å². The van der Waals surface area contributed by atoms with Crippen molar-refractivity contribution in [3.63, 3.8) is 0 Å². The molecule has 3 heteroatoms. The topological polar surface area (TPSA) is 18.5 Å². The average molecular weight is 383 g/mol. The molecule has 1 aliphatic rings. The second-order valence-electron chi connectivity index (χ2n) is 6.50. The van der Waals surface area contributed by atoms with Gasteiger partial charge in [0.05, 0.1) is 0 Å². The van der Waals surface area contributed by atoms with Crippen molar-refractivity contribution >= 4 is 14.5 Å². The summed E-state index contributed by atoms with van der Waals surface area (Å²) < 4.78 is 12.3. The van der Waals surface area contributed by atoms with Gasteiger partial charge < -0.3 is 0 Å². The van der Waals surface area contributed by atoms with E-state index in [4.69, 9.17) is 9.47 Å². The van der Waals surface area contributed by atoms with Crippen LogP contribution in [0.1, 0.15) is 11.1 Å². The predicted molar refractivity (Wildman–Crippen MR) is 97.1 cm³/mol. The number of hydrogen-bond acceptors (Lipinski definition) is 2. The van der Waals surface area contributed by atoms with Crippen LogP contribution in [0.2, 0.25) is 0 Å². The normalized spacial score (nSPS) is 15.7. The molecular formula is C21H20O2Se. The van der Waals surface area contributed by atoms with E-state index in [-0.39, 0.29) is 5.41 Å². The number of hydrogen-bond donors (Lipinski definition) is 0. The van der Waals surface area contributed by atoms with Crippen molar-refractivity contribution in [3.8, 4) is 11.5 Å². The maximum atomic E-state index is 6.17. The third kappa shape index (κ3) is 3.43. The third-order valence-electron chi connectivity index (χ3n) is 4.50. The van der Waals surface area contributed by atoms with Gasteiger partial charge in [0.15, 0.2) is 0 Å². The molecule has 0 radical (unpaired) electrons. The van der Waals surface area contributed by atoms with Gasteiger partial charge in [0.2, 0.25) is 0 Å². The predicted octanol–water partition coefficient (Wildman–Crippen LogP) is 3.99.